The van der Waals surface area contributed by atoms with E-state index in [1.807, 2.05) is 42.7 Å². The first-order chi connectivity index (χ1) is 35.7. The van der Waals surface area contributed by atoms with Crippen LogP contribution in [0.1, 0.15) is 311 Å². The Balaban J connectivity index is -0.0000266. The standard InChI is InChI=1S/C64H138N2O6Si2.2ClH/c1-17-21-25-29-33-39-45-51-57-63(73(67-11,68-12)69-13,65(7,8)59-53-47-41-35-31-27-23-19-3)61(5)55-49-43-37-38-44-50-56-62(6)64(74(70-14,71-15)72-16,58-52-46-40-34-30-26-22-18-2)66(9,10)60-54-48-42-36-32-28-24-20-4;;/h61-62H,17-60H2,1-16H3;2*1H/q+2;;/p-2. The molecule has 0 fully saturated rings. The second-order valence-corrected chi connectivity index (χ2v) is 31.3. The lowest BCUT2D eigenvalue weighted by Gasteiger charge is -2.56. The summed E-state index contributed by atoms with van der Waals surface area (Å²) in [6.45, 7) is 16.6. The van der Waals surface area contributed by atoms with Crippen LogP contribution in [0.2, 0.25) is 0 Å². The van der Waals surface area contributed by atoms with Crippen LogP contribution in [-0.2, 0) is 26.6 Å². The Morgan fingerprint density at radius 2 is 0.474 bits per heavy atom. The molecule has 0 N–H and O–H groups in total. The Morgan fingerprint density at radius 1 is 0.289 bits per heavy atom. The van der Waals surface area contributed by atoms with Crippen LogP contribution in [0, 0.1) is 11.8 Å². The fraction of sp³-hybridized carbons (Fsp3) is 1.00. The average molecular weight is 1160 g/mol. The first-order valence-corrected chi connectivity index (χ1v) is 36.1. The molecule has 0 saturated heterocycles. The van der Waals surface area contributed by atoms with Gasteiger partial charge in [-0.3, -0.25) is 0 Å². The molecule has 0 radical (unpaired) electrons. The second kappa shape index (κ2) is 49.2. The minimum Gasteiger partial charge on any atom is -1.00 e. The van der Waals surface area contributed by atoms with Gasteiger partial charge < -0.3 is 60.3 Å². The molecule has 4 unspecified atom stereocenters. The van der Waals surface area contributed by atoms with E-state index in [2.05, 4.69) is 69.7 Å². The van der Waals surface area contributed by atoms with E-state index < -0.39 is 17.6 Å². The van der Waals surface area contributed by atoms with E-state index in [9.17, 15) is 0 Å². The van der Waals surface area contributed by atoms with Gasteiger partial charge in [0.15, 0.2) is 10.3 Å². The molecule has 0 saturated carbocycles. The minimum absolute atomic E-state index is 0. The van der Waals surface area contributed by atoms with Gasteiger partial charge in [0.1, 0.15) is 0 Å². The van der Waals surface area contributed by atoms with Crippen LogP contribution in [-0.4, -0.2) is 121 Å². The number of hydrogen-bond acceptors (Lipinski definition) is 6. The normalized spacial score (nSPS) is 15.0. The van der Waals surface area contributed by atoms with Crippen LogP contribution in [0.3, 0.4) is 0 Å². The molecule has 0 aromatic rings. The van der Waals surface area contributed by atoms with E-state index in [4.69, 9.17) is 26.6 Å². The Labute approximate surface area is 492 Å². The Morgan fingerprint density at radius 3 is 0.684 bits per heavy atom. The molecular weight excluding hydrogens is 1020 g/mol. The summed E-state index contributed by atoms with van der Waals surface area (Å²) in [7, 11) is 15.1. The molecule has 0 aliphatic carbocycles. The maximum absolute atomic E-state index is 6.64. The predicted molar refractivity (Wildman–Crippen MR) is 328 cm³/mol. The van der Waals surface area contributed by atoms with Gasteiger partial charge in [0, 0.05) is 67.3 Å². The van der Waals surface area contributed by atoms with Crippen molar-refractivity contribution in [3.8, 4) is 0 Å². The van der Waals surface area contributed by atoms with E-state index in [1.54, 1.807) is 0 Å². The van der Waals surface area contributed by atoms with Crippen molar-refractivity contribution in [2.24, 2.45) is 11.8 Å². The molecule has 0 aliphatic heterocycles. The summed E-state index contributed by atoms with van der Waals surface area (Å²) >= 11 is 0. The highest BCUT2D eigenvalue weighted by Gasteiger charge is 2.72. The van der Waals surface area contributed by atoms with Gasteiger partial charge >= 0.3 is 17.6 Å². The molecule has 4 atom stereocenters. The van der Waals surface area contributed by atoms with Crippen molar-refractivity contribution in [1.82, 2.24) is 0 Å². The molecule has 0 aromatic heterocycles. The zero-order valence-corrected chi connectivity index (χ0v) is 57.9. The molecule has 462 valence electrons. The van der Waals surface area contributed by atoms with E-state index in [0.29, 0.717) is 11.8 Å². The number of nitrogens with zero attached hydrogens (tertiary/aromatic N) is 2. The van der Waals surface area contributed by atoms with Crippen molar-refractivity contribution < 1.29 is 60.3 Å². The predicted octanol–water partition coefficient (Wildman–Crippen LogP) is 13.2. The van der Waals surface area contributed by atoms with E-state index in [-0.39, 0.29) is 35.1 Å². The summed E-state index contributed by atoms with van der Waals surface area (Å²) in [5, 5.41) is -0.422. The minimum atomic E-state index is -3.11. The Kier molecular flexibility index (Phi) is 52.3. The summed E-state index contributed by atoms with van der Waals surface area (Å²) in [5.41, 5.74) is 0. The van der Waals surface area contributed by atoms with Gasteiger partial charge in [-0.25, -0.2) is 0 Å². The lowest BCUT2D eigenvalue weighted by atomic mass is 9.86. The second-order valence-electron chi connectivity index (χ2n) is 24.9. The van der Waals surface area contributed by atoms with Crippen molar-refractivity contribution in [2.45, 2.75) is 322 Å². The van der Waals surface area contributed by atoms with Crippen LogP contribution >= 0.6 is 0 Å². The van der Waals surface area contributed by atoms with Crippen molar-refractivity contribution >= 4 is 17.6 Å². The van der Waals surface area contributed by atoms with Crippen molar-refractivity contribution in [2.75, 3.05) is 83.9 Å². The fourth-order valence-corrected chi connectivity index (χ4v) is 21.6. The lowest BCUT2D eigenvalue weighted by molar-refractivity contribution is -0.936. The largest absolute Gasteiger partial charge is 1.00 e. The third kappa shape index (κ3) is 27.4. The van der Waals surface area contributed by atoms with Gasteiger partial charge in [-0.05, 0) is 51.4 Å². The highest BCUT2D eigenvalue weighted by molar-refractivity contribution is 6.64. The topological polar surface area (TPSA) is 55.4 Å². The monoisotopic (exact) mass is 1160 g/mol. The van der Waals surface area contributed by atoms with Gasteiger partial charge in [-0.15, -0.1) is 0 Å². The molecule has 0 rings (SSSR count). The van der Waals surface area contributed by atoms with Crippen LogP contribution in [0.15, 0.2) is 0 Å². The van der Waals surface area contributed by atoms with Gasteiger partial charge in [0.2, 0.25) is 0 Å². The zero-order valence-electron chi connectivity index (χ0n) is 54.4. The quantitative estimate of drug-likeness (QED) is 0.0344. The summed E-state index contributed by atoms with van der Waals surface area (Å²) in [5.74, 6) is 0.827. The third-order valence-corrected chi connectivity index (χ3v) is 27.0. The Hall–Kier alpha value is 0.694. The zero-order chi connectivity index (χ0) is 55.5. The SMILES string of the molecule is CCCCCCCCCCC(C(C)CCCCCCCCC(C)C(CCCCCCCCCC)([N+](C)(C)CCCCCCCCCC)[Si](OC)(OC)OC)([N+](C)(C)CCCCCCCCCC)[Si](OC)(OC)OC.[Cl-].[Cl-]. The van der Waals surface area contributed by atoms with Crippen LogP contribution in [0.4, 0.5) is 0 Å². The molecule has 76 heavy (non-hydrogen) atoms. The van der Waals surface area contributed by atoms with Gasteiger partial charge in [0.05, 0.1) is 41.3 Å². The first-order valence-electron chi connectivity index (χ1n) is 32.6. The maximum Gasteiger partial charge on any atom is 0.565 e. The fourth-order valence-electron chi connectivity index (χ4n) is 14.3. The van der Waals surface area contributed by atoms with E-state index in [1.165, 1.54) is 257 Å². The van der Waals surface area contributed by atoms with Crippen molar-refractivity contribution in [3.05, 3.63) is 0 Å². The number of hydrogen-bond donors (Lipinski definition) is 0. The van der Waals surface area contributed by atoms with E-state index in [0.717, 1.165) is 34.9 Å². The maximum atomic E-state index is 6.64. The molecule has 0 bridgehead atoms. The average Bonchev–Trinajstić information content (AvgIpc) is 3.39. The van der Waals surface area contributed by atoms with Crippen LogP contribution in [0.5, 0.6) is 0 Å². The number of quaternary nitrogens is 2. The molecule has 0 aliphatic rings. The molecule has 8 nitrogen and oxygen atoms in total. The van der Waals surface area contributed by atoms with Gasteiger partial charge in [-0.2, -0.15) is 0 Å². The highest BCUT2D eigenvalue weighted by atomic mass is 35.5. The van der Waals surface area contributed by atoms with Crippen molar-refractivity contribution in [3.63, 3.8) is 0 Å². The van der Waals surface area contributed by atoms with E-state index >= 15 is 0 Å². The van der Waals surface area contributed by atoms with Gasteiger partial charge in [0.25, 0.3) is 0 Å². The molecular formula is C64H138Cl2N2O6Si2. The highest BCUT2D eigenvalue weighted by Crippen LogP contribution is 2.48. The smallest absolute Gasteiger partial charge is 0.565 e. The number of halogens is 2. The van der Waals surface area contributed by atoms with Crippen LogP contribution < -0.4 is 24.8 Å². The number of rotatable bonds is 57. The summed E-state index contributed by atoms with van der Waals surface area (Å²) < 4.78 is 41.7. The third-order valence-electron chi connectivity index (χ3n) is 19.0. The van der Waals surface area contributed by atoms with Crippen molar-refractivity contribution in [1.29, 1.82) is 0 Å². The summed E-state index contributed by atoms with van der Waals surface area (Å²) in [6.07, 6.45) is 54.8. The molecule has 0 heterocycles. The molecule has 0 aromatic carbocycles. The Bertz CT molecular complexity index is 1140. The molecule has 0 amide bonds. The molecule has 12 heteroatoms. The molecule has 0 spiro atoms. The lowest BCUT2D eigenvalue weighted by Crippen LogP contribution is -3.00. The van der Waals surface area contributed by atoms with Crippen LogP contribution in [0.25, 0.3) is 0 Å². The first kappa shape index (κ1) is 80.9. The summed E-state index contributed by atoms with van der Waals surface area (Å²) in [6, 6.07) is 0. The van der Waals surface area contributed by atoms with Gasteiger partial charge in [-0.1, -0.05) is 247 Å². The summed E-state index contributed by atoms with van der Waals surface area (Å²) in [4.78, 5) is 0. The number of unbranched alkanes of at least 4 members (excludes halogenated alkanes) is 33.